The zero-order chi connectivity index (χ0) is 10.2. The van der Waals surface area contributed by atoms with Crippen LogP contribution in [0.25, 0.3) is 0 Å². The summed E-state index contributed by atoms with van der Waals surface area (Å²) in [5, 5.41) is 9.76. The first-order valence-corrected chi connectivity index (χ1v) is 4.62. The molecule has 2 rings (SSSR count). The summed E-state index contributed by atoms with van der Waals surface area (Å²) in [5.74, 6) is 0.636. The standard InChI is InChI=1S/C9H14N4O/c1-9(14)2-3-13(6-9)8-11-4-7(10)5-12-8/h4-5,14H,2-3,6,10H2,1H3. The fourth-order valence-electron chi connectivity index (χ4n) is 1.61. The number of hydrogen-bond donors (Lipinski definition) is 2. The molecule has 0 aliphatic carbocycles. The molecule has 0 spiro atoms. The maximum atomic E-state index is 9.76. The Hall–Kier alpha value is -1.36. The van der Waals surface area contributed by atoms with Crippen molar-refractivity contribution in [3.05, 3.63) is 12.4 Å². The van der Waals surface area contributed by atoms with Crippen LogP contribution in [0.4, 0.5) is 11.6 Å². The average molecular weight is 194 g/mol. The predicted octanol–water partition coefficient (Wildman–Crippen LogP) is 0.0199. The first-order chi connectivity index (χ1) is 6.57. The monoisotopic (exact) mass is 194 g/mol. The number of aromatic nitrogens is 2. The highest BCUT2D eigenvalue weighted by Crippen LogP contribution is 2.23. The summed E-state index contributed by atoms with van der Waals surface area (Å²) in [7, 11) is 0. The zero-order valence-corrected chi connectivity index (χ0v) is 8.14. The lowest BCUT2D eigenvalue weighted by molar-refractivity contribution is 0.0838. The Labute approximate surface area is 82.6 Å². The van der Waals surface area contributed by atoms with Gasteiger partial charge in [0.05, 0.1) is 23.7 Å². The van der Waals surface area contributed by atoms with E-state index in [-0.39, 0.29) is 0 Å². The number of rotatable bonds is 1. The highest BCUT2D eigenvalue weighted by Gasteiger charge is 2.32. The van der Waals surface area contributed by atoms with Gasteiger partial charge in [0.15, 0.2) is 0 Å². The van der Waals surface area contributed by atoms with Gasteiger partial charge in [-0.25, -0.2) is 9.97 Å². The SMILES string of the molecule is CC1(O)CCN(c2ncc(N)cn2)C1. The van der Waals surface area contributed by atoms with E-state index in [4.69, 9.17) is 5.73 Å². The van der Waals surface area contributed by atoms with Gasteiger partial charge in [0.1, 0.15) is 0 Å². The normalized spacial score (nSPS) is 26.9. The van der Waals surface area contributed by atoms with Crippen LogP contribution in [0.3, 0.4) is 0 Å². The number of hydrogen-bond acceptors (Lipinski definition) is 5. The van der Waals surface area contributed by atoms with E-state index in [0.717, 1.165) is 13.0 Å². The molecule has 3 N–H and O–H groups in total. The minimum Gasteiger partial charge on any atom is -0.396 e. The molecular weight excluding hydrogens is 180 g/mol. The van der Waals surface area contributed by atoms with E-state index in [2.05, 4.69) is 9.97 Å². The number of β-amino-alcohol motifs (C(OH)–C–C–N with tert-alkyl or cyclic N) is 1. The summed E-state index contributed by atoms with van der Waals surface area (Å²) in [6.07, 6.45) is 3.91. The van der Waals surface area contributed by atoms with Gasteiger partial charge >= 0.3 is 0 Å². The quantitative estimate of drug-likeness (QED) is 0.659. The molecule has 0 bridgehead atoms. The lowest BCUT2D eigenvalue weighted by Gasteiger charge is -2.18. The van der Waals surface area contributed by atoms with Gasteiger partial charge in [-0.05, 0) is 13.3 Å². The van der Waals surface area contributed by atoms with E-state index in [1.54, 1.807) is 12.4 Å². The van der Waals surface area contributed by atoms with Crippen molar-refractivity contribution < 1.29 is 5.11 Å². The van der Waals surface area contributed by atoms with Gasteiger partial charge in [-0.2, -0.15) is 0 Å². The van der Waals surface area contributed by atoms with E-state index < -0.39 is 5.60 Å². The van der Waals surface area contributed by atoms with E-state index in [1.165, 1.54) is 0 Å². The maximum Gasteiger partial charge on any atom is 0.225 e. The molecule has 5 heteroatoms. The van der Waals surface area contributed by atoms with Gasteiger partial charge in [-0.1, -0.05) is 0 Å². The van der Waals surface area contributed by atoms with Crippen LogP contribution in [0.2, 0.25) is 0 Å². The summed E-state index contributed by atoms with van der Waals surface area (Å²) in [4.78, 5) is 10.2. The van der Waals surface area contributed by atoms with Crippen molar-refractivity contribution in [2.45, 2.75) is 18.9 Å². The van der Waals surface area contributed by atoms with Gasteiger partial charge in [0.2, 0.25) is 5.95 Å². The van der Waals surface area contributed by atoms with Crippen LogP contribution in [0.1, 0.15) is 13.3 Å². The highest BCUT2D eigenvalue weighted by atomic mass is 16.3. The molecule has 0 amide bonds. The zero-order valence-electron chi connectivity index (χ0n) is 8.14. The van der Waals surface area contributed by atoms with Crippen LogP contribution in [0, 0.1) is 0 Å². The molecule has 2 heterocycles. The van der Waals surface area contributed by atoms with Crippen LogP contribution >= 0.6 is 0 Å². The molecule has 0 saturated carbocycles. The summed E-state index contributed by atoms with van der Waals surface area (Å²) in [5.41, 5.74) is 5.42. The highest BCUT2D eigenvalue weighted by molar-refractivity contribution is 5.39. The Morgan fingerprint density at radius 2 is 2.14 bits per heavy atom. The van der Waals surface area contributed by atoms with Crippen LogP contribution < -0.4 is 10.6 Å². The lowest BCUT2D eigenvalue weighted by Crippen LogP contribution is -2.30. The van der Waals surface area contributed by atoms with Crippen molar-refractivity contribution in [3.63, 3.8) is 0 Å². The minimum absolute atomic E-state index is 0.555. The number of nitrogen functional groups attached to an aromatic ring is 1. The van der Waals surface area contributed by atoms with Gasteiger partial charge in [0.25, 0.3) is 0 Å². The molecule has 0 aromatic carbocycles. The fraction of sp³-hybridized carbons (Fsp3) is 0.556. The number of anilines is 2. The Kier molecular flexibility index (Phi) is 2.03. The summed E-state index contributed by atoms with van der Waals surface area (Å²) in [6.45, 7) is 3.19. The molecule has 1 fully saturated rings. The van der Waals surface area contributed by atoms with Crippen molar-refractivity contribution in [2.24, 2.45) is 0 Å². The summed E-state index contributed by atoms with van der Waals surface area (Å²) >= 11 is 0. The Morgan fingerprint density at radius 3 is 2.64 bits per heavy atom. The molecule has 14 heavy (non-hydrogen) atoms. The van der Waals surface area contributed by atoms with Gasteiger partial charge in [-0.3, -0.25) is 0 Å². The third kappa shape index (κ3) is 1.77. The van der Waals surface area contributed by atoms with E-state index in [9.17, 15) is 5.11 Å². The predicted molar refractivity (Wildman–Crippen MR) is 53.9 cm³/mol. The van der Waals surface area contributed by atoms with Crippen LogP contribution in [-0.4, -0.2) is 33.8 Å². The molecular formula is C9H14N4O. The first kappa shape index (κ1) is 9.21. The van der Waals surface area contributed by atoms with E-state index in [0.29, 0.717) is 18.2 Å². The van der Waals surface area contributed by atoms with Crippen LogP contribution in [-0.2, 0) is 0 Å². The van der Waals surface area contributed by atoms with Crippen molar-refractivity contribution in [2.75, 3.05) is 23.7 Å². The number of nitrogens with two attached hydrogens (primary N) is 1. The second kappa shape index (κ2) is 3.09. The third-order valence-electron chi connectivity index (χ3n) is 2.39. The van der Waals surface area contributed by atoms with Crippen LogP contribution in [0.15, 0.2) is 12.4 Å². The second-order valence-electron chi connectivity index (χ2n) is 3.98. The largest absolute Gasteiger partial charge is 0.396 e. The fourth-order valence-corrected chi connectivity index (χ4v) is 1.61. The van der Waals surface area contributed by atoms with Crippen molar-refractivity contribution >= 4 is 11.6 Å². The van der Waals surface area contributed by atoms with Crippen molar-refractivity contribution in [1.29, 1.82) is 0 Å². The molecule has 76 valence electrons. The topological polar surface area (TPSA) is 75.3 Å². The van der Waals surface area contributed by atoms with Gasteiger partial charge < -0.3 is 15.7 Å². The Bertz CT molecular complexity index is 322. The van der Waals surface area contributed by atoms with Crippen LogP contribution in [0.5, 0.6) is 0 Å². The van der Waals surface area contributed by atoms with E-state index in [1.807, 2.05) is 11.8 Å². The summed E-state index contributed by atoms with van der Waals surface area (Å²) < 4.78 is 0. The molecule has 1 unspecified atom stereocenters. The van der Waals surface area contributed by atoms with Crippen molar-refractivity contribution in [3.8, 4) is 0 Å². The molecule has 1 aromatic heterocycles. The third-order valence-corrected chi connectivity index (χ3v) is 2.39. The molecule has 5 nitrogen and oxygen atoms in total. The maximum absolute atomic E-state index is 9.76. The molecule has 1 atom stereocenters. The smallest absolute Gasteiger partial charge is 0.225 e. The minimum atomic E-state index is -0.620. The first-order valence-electron chi connectivity index (χ1n) is 4.62. The van der Waals surface area contributed by atoms with Crippen molar-refractivity contribution in [1.82, 2.24) is 9.97 Å². The molecule has 1 aliphatic rings. The molecule has 0 radical (unpaired) electrons. The number of aliphatic hydroxyl groups is 1. The second-order valence-corrected chi connectivity index (χ2v) is 3.98. The number of nitrogens with zero attached hydrogens (tertiary/aromatic N) is 3. The Balaban J connectivity index is 2.14. The van der Waals surface area contributed by atoms with E-state index >= 15 is 0 Å². The average Bonchev–Trinajstić information content (AvgIpc) is 2.47. The molecule has 1 aliphatic heterocycles. The van der Waals surface area contributed by atoms with Gasteiger partial charge in [-0.15, -0.1) is 0 Å². The van der Waals surface area contributed by atoms with Gasteiger partial charge in [0, 0.05) is 13.1 Å². The lowest BCUT2D eigenvalue weighted by atomic mass is 10.1. The Morgan fingerprint density at radius 1 is 1.50 bits per heavy atom. The molecule has 1 aromatic rings. The molecule has 1 saturated heterocycles. The summed E-state index contributed by atoms with van der Waals surface area (Å²) in [6, 6.07) is 0.